The van der Waals surface area contributed by atoms with Crippen LogP contribution in [-0.2, 0) is 12.8 Å². The lowest BCUT2D eigenvalue weighted by Gasteiger charge is -2.28. The minimum Gasteiger partial charge on any atom is -0.372 e. The number of rotatable bonds is 3. The summed E-state index contributed by atoms with van der Waals surface area (Å²) < 4.78 is 0. The van der Waals surface area contributed by atoms with Gasteiger partial charge in [-0.15, -0.1) is 0 Å². The number of fused-ring (bicyclic) bond motifs is 3. The highest BCUT2D eigenvalue weighted by Crippen LogP contribution is 2.32. The van der Waals surface area contributed by atoms with Crippen LogP contribution in [0.5, 0.6) is 0 Å². The van der Waals surface area contributed by atoms with Crippen LogP contribution in [0, 0.1) is 5.92 Å². The molecule has 0 unspecified atom stereocenters. The molecule has 2 heterocycles. The molecule has 3 aromatic rings. The fourth-order valence-electron chi connectivity index (χ4n) is 4.84. The predicted octanol–water partition coefficient (Wildman–Crippen LogP) is 5.54. The van der Waals surface area contributed by atoms with Crippen molar-refractivity contribution in [2.24, 2.45) is 5.92 Å². The summed E-state index contributed by atoms with van der Waals surface area (Å²) in [7, 11) is 0. The molecule has 1 aliphatic carbocycles. The molecule has 1 saturated heterocycles. The van der Waals surface area contributed by atoms with Crippen molar-refractivity contribution in [1.82, 2.24) is 4.98 Å². The summed E-state index contributed by atoms with van der Waals surface area (Å²) in [6, 6.07) is 14.3. The second-order valence-corrected chi connectivity index (χ2v) is 8.74. The van der Waals surface area contributed by atoms with Crippen LogP contribution in [0.25, 0.3) is 10.9 Å². The van der Waals surface area contributed by atoms with Crippen LogP contribution in [0.15, 0.2) is 42.5 Å². The molecule has 29 heavy (non-hydrogen) atoms. The highest BCUT2D eigenvalue weighted by molar-refractivity contribution is 6.06. The number of aromatic amines is 1. The lowest BCUT2D eigenvalue weighted by Crippen LogP contribution is -2.29. The molecule has 5 rings (SSSR count). The van der Waals surface area contributed by atoms with Gasteiger partial charge in [0, 0.05) is 46.6 Å². The lowest BCUT2D eigenvalue weighted by molar-refractivity contribution is 0.102. The Morgan fingerprint density at radius 3 is 2.66 bits per heavy atom. The number of amides is 1. The van der Waals surface area contributed by atoms with Gasteiger partial charge in [0.1, 0.15) is 0 Å². The smallest absolute Gasteiger partial charge is 0.255 e. The molecule has 1 fully saturated rings. The van der Waals surface area contributed by atoms with E-state index in [1.165, 1.54) is 48.0 Å². The standard InChI is InChI=1S/C25H29N3O/c1-17-5-11-23-21(15-17)22-16-18(6-12-24(22)27-23)25(29)26-19-7-9-20(10-8-19)28-13-3-2-4-14-28/h6-10,12,16-17,27H,2-5,11,13-15H2,1H3,(H,26,29)/t17-/m0/s1. The molecule has 4 heteroatoms. The number of aromatic nitrogens is 1. The van der Waals surface area contributed by atoms with Gasteiger partial charge in [-0.2, -0.15) is 0 Å². The SMILES string of the molecule is C[C@H]1CCc2[nH]c3ccc(C(=O)Nc4ccc(N5CCCCC5)cc4)cc3c2C1. The van der Waals surface area contributed by atoms with Crippen molar-refractivity contribution < 1.29 is 4.79 Å². The molecule has 2 aliphatic rings. The van der Waals surface area contributed by atoms with E-state index < -0.39 is 0 Å². The molecular weight excluding hydrogens is 358 g/mol. The first-order chi connectivity index (χ1) is 14.2. The number of hydrogen-bond donors (Lipinski definition) is 2. The van der Waals surface area contributed by atoms with Crippen molar-refractivity contribution >= 4 is 28.2 Å². The van der Waals surface area contributed by atoms with Gasteiger partial charge in [-0.3, -0.25) is 4.79 Å². The maximum absolute atomic E-state index is 12.9. The zero-order chi connectivity index (χ0) is 19.8. The number of piperidine rings is 1. The molecule has 2 N–H and O–H groups in total. The molecule has 2 aromatic carbocycles. The Morgan fingerprint density at radius 2 is 1.86 bits per heavy atom. The van der Waals surface area contributed by atoms with Gasteiger partial charge in [0.05, 0.1) is 0 Å². The molecular formula is C25H29N3O. The lowest BCUT2D eigenvalue weighted by atomic mass is 9.87. The normalized spacial score (nSPS) is 19.2. The summed E-state index contributed by atoms with van der Waals surface area (Å²) in [4.78, 5) is 18.8. The third-order valence-corrected chi connectivity index (χ3v) is 6.54. The summed E-state index contributed by atoms with van der Waals surface area (Å²) in [5, 5.41) is 4.27. The Kier molecular flexibility index (Phi) is 4.78. The van der Waals surface area contributed by atoms with E-state index in [9.17, 15) is 4.79 Å². The fourth-order valence-corrected chi connectivity index (χ4v) is 4.84. The molecule has 0 bridgehead atoms. The maximum atomic E-state index is 12.9. The summed E-state index contributed by atoms with van der Waals surface area (Å²) in [5.74, 6) is 0.661. The summed E-state index contributed by atoms with van der Waals surface area (Å²) in [5.41, 5.74) is 6.71. The van der Waals surface area contributed by atoms with E-state index in [1.807, 2.05) is 24.3 Å². The topological polar surface area (TPSA) is 48.1 Å². The van der Waals surface area contributed by atoms with Gasteiger partial charge in [0.2, 0.25) is 0 Å². The van der Waals surface area contributed by atoms with Crippen LogP contribution in [0.3, 0.4) is 0 Å². The number of H-pyrrole nitrogens is 1. The second kappa shape index (κ2) is 7.58. The third kappa shape index (κ3) is 3.64. The van der Waals surface area contributed by atoms with Crippen molar-refractivity contribution in [2.45, 2.75) is 45.4 Å². The molecule has 1 aromatic heterocycles. The number of carbonyl (C=O) groups is 1. The largest absolute Gasteiger partial charge is 0.372 e. The molecule has 0 saturated carbocycles. The first-order valence-corrected chi connectivity index (χ1v) is 11.0. The van der Waals surface area contributed by atoms with Gasteiger partial charge in [-0.1, -0.05) is 6.92 Å². The van der Waals surface area contributed by atoms with Crippen molar-refractivity contribution in [3.05, 3.63) is 59.3 Å². The van der Waals surface area contributed by atoms with E-state index in [2.05, 4.69) is 40.3 Å². The maximum Gasteiger partial charge on any atom is 0.255 e. The Morgan fingerprint density at radius 1 is 1.07 bits per heavy atom. The molecule has 0 radical (unpaired) electrons. The minimum absolute atomic E-state index is 0.0450. The number of anilines is 2. The van der Waals surface area contributed by atoms with Gasteiger partial charge in [0.15, 0.2) is 0 Å². The average molecular weight is 388 g/mol. The van der Waals surface area contributed by atoms with Crippen molar-refractivity contribution in [2.75, 3.05) is 23.3 Å². The summed E-state index contributed by atoms with van der Waals surface area (Å²) in [6.45, 7) is 4.57. The van der Waals surface area contributed by atoms with Crippen molar-refractivity contribution in [1.29, 1.82) is 0 Å². The quantitative estimate of drug-likeness (QED) is 0.620. The van der Waals surface area contributed by atoms with Gasteiger partial charge < -0.3 is 15.2 Å². The zero-order valence-corrected chi connectivity index (χ0v) is 17.1. The molecule has 4 nitrogen and oxygen atoms in total. The summed E-state index contributed by atoms with van der Waals surface area (Å²) in [6.07, 6.45) is 7.30. The number of benzene rings is 2. The number of nitrogens with zero attached hydrogens (tertiary/aromatic N) is 1. The van der Waals surface area contributed by atoms with E-state index in [1.54, 1.807) is 0 Å². The van der Waals surface area contributed by atoms with E-state index in [0.717, 1.165) is 42.7 Å². The Labute approximate surface area is 172 Å². The van der Waals surface area contributed by atoms with E-state index >= 15 is 0 Å². The van der Waals surface area contributed by atoms with Crippen LogP contribution in [-0.4, -0.2) is 24.0 Å². The zero-order valence-electron chi connectivity index (χ0n) is 17.1. The van der Waals surface area contributed by atoms with Crippen LogP contribution < -0.4 is 10.2 Å². The highest BCUT2D eigenvalue weighted by Gasteiger charge is 2.20. The first kappa shape index (κ1) is 18.3. The van der Waals surface area contributed by atoms with E-state index in [4.69, 9.17) is 0 Å². The van der Waals surface area contributed by atoms with E-state index in [0.29, 0.717) is 5.92 Å². The average Bonchev–Trinajstić information content (AvgIpc) is 3.12. The highest BCUT2D eigenvalue weighted by atomic mass is 16.1. The predicted molar refractivity (Wildman–Crippen MR) is 120 cm³/mol. The van der Waals surface area contributed by atoms with Gasteiger partial charge in [0.25, 0.3) is 5.91 Å². The second-order valence-electron chi connectivity index (χ2n) is 8.74. The Bertz CT molecular complexity index is 1030. The molecule has 0 spiro atoms. The Hall–Kier alpha value is -2.75. The van der Waals surface area contributed by atoms with Crippen LogP contribution >= 0.6 is 0 Å². The first-order valence-electron chi connectivity index (χ1n) is 11.0. The van der Waals surface area contributed by atoms with Gasteiger partial charge in [-0.05, 0) is 92.5 Å². The molecule has 150 valence electrons. The van der Waals surface area contributed by atoms with Crippen LogP contribution in [0.2, 0.25) is 0 Å². The third-order valence-electron chi connectivity index (χ3n) is 6.54. The van der Waals surface area contributed by atoms with Gasteiger partial charge >= 0.3 is 0 Å². The fraction of sp³-hybridized carbons (Fsp3) is 0.400. The molecule has 1 amide bonds. The van der Waals surface area contributed by atoms with E-state index in [-0.39, 0.29) is 5.91 Å². The molecule has 1 atom stereocenters. The van der Waals surface area contributed by atoms with Gasteiger partial charge in [-0.25, -0.2) is 0 Å². The van der Waals surface area contributed by atoms with Crippen LogP contribution in [0.4, 0.5) is 11.4 Å². The van der Waals surface area contributed by atoms with Crippen LogP contribution in [0.1, 0.15) is 54.2 Å². The number of carbonyl (C=O) groups excluding carboxylic acids is 1. The number of nitrogens with one attached hydrogen (secondary N) is 2. The number of aryl methyl sites for hydroxylation is 1. The van der Waals surface area contributed by atoms with Crippen molar-refractivity contribution in [3.8, 4) is 0 Å². The molecule has 1 aliphatic heterocycles. The number of hydrogen-bond acceptors (Lipinski definition) is 2. The summed E-state index contributed by atoms with van der Waals surface area (Å²) >= 11 is 0. The minimum atomic E-state index is -0.0450. The Balaban J connectivity index is 1.34. The van der Waals surface area contributed by atoms with Crippen molar-refractivity contribution in [3.63, 3.8) is 0 Å². The monoisotopic (exact) mass is 387 g/mol.